The third-order valence-corrected chi connectivity index (χ3v) is 4.12. The SMILES string of the molecule is COc1cccc(OC)c1C(=O)C(C)(C)N1CCNCC1. The molecule has 1 heterocycles. The van der Waals surface area contributed by atoms with Crippen LogP contribution in [0.2, 0.25) is 0 Å². The van der Waals surface area contributed by atoms with Gasteiger partial charge < -0.3 is 14.8 Å². The maximum Gasteiger partial charge on any atom is 0.189 e. The first-order valence-corrected chi connectivity index (χ1v) is 7.24. The van der Waals surface area contributed by atoms with Crippen molar-refractivity contribution in [3.05, 3.63) is 23.8 Å². The number of ketones is 1. The molecule has 0 aliphatic carbocycles. The second-order valence-corrected chi connectivity index (χ2v) is 5.66. The molecule has 1 aliphatic rings. The molecule has 0 unspecified atom stereocenters. The van der Waals surface area contributed by atoms with Crippen LogP contribution in [0.25, 0.3) is 0 Å². The van der Waals surface area contributed by atoms with Crippen molar-refractivity contribution in [2.75, 3.05) is 40.4 Å². The molecule has 1 saturated heterocycles. The van der Waals surface area contributed by atoms with Gasteiger partial charge in [0.25, 0.3) is 0 Å². The number of carbonyl (C=O) groups is 1. The van der Waals surface area contributed by atoms with Crippen molar-refractivity contribution in [2.24, 2.45) is 0 Å². The lowest BCUT2D eigenvalue weighted by atomic mass is 9.89. The van der Waals surface area contributed by atoms with Crippen molar-refractivity contribution in [1.29, 1.82) is 0 Å². The summed E-state index contributed by atoms with van der Waals surface area (Å²) in [5.41, 5.74) is -0.0738. The number of nitrogens with one attached hydrogen (secondary N) is 1. The number of ether oxygens (including phenoxy) is 2. The smallest absolute Gasteiger partial charge is 0.189 e. The molecule has 21 heavy (non-hydrogen) atoms. The van der Waals surface area contributed by atoms with Gasteiger partial charge in [0.2, 0.25) is 0 Å². The molecule has 5 nitrogen and oxygen atoms in total. The Morgan fingerprint density at radius 1 is 1.14 bits per heavy atom. The Bertz CT molecular complexity index is 486. The summed E-state index contributed by atoms with van der Waals surface area (Å²) in [7, 11) is 3.15. The summed E-state index contributed by atoms with van der Waals surface area (Å²) in [6.45, 7) is 7.45. The molecule has 0 atom stereocenters. The fourth-order valence-electron chi connectivity index (χ4n) is 2.75. The van der Waals surface area contributed by atoms with E-state index in [0.29, 0.717) is 17.1 Å². The van der Waals surface area contributed by atoms with E-state index in [0.717, 1.165) is 26.2 Å². The molecular formula is C16H24N2O3. The molecule has 1 aromatic carbocycles. The number of hydrogen-bond donors (Lipinski definition) is 1. The molecule has 0 spiro atoms. The number of hydrogen-bond acceptors (Lipinski definition) is 5. The Morgan fingerprint density at radius 3 is 2.14 bits per heavy atom. The molecular weight excluding hydrogens is 268 g/mol. The number of benzene rings is 1. The van der Waals surface area contributed by atoms with Crippen LogP contribution in [-0.4, -0.2) is 56.6 Å². The Balaban J connectivity index is 2.38. The van der Waals surface area contributed by atoms with E-state index in [9.17, 15) is 4.79 Å². The molecule has 0 amide bonds. The lowest BCUT2D eigenvalue weighted by molar-refractivity contribution is 0.0596. The number of Topliss-reactive ketones (excluding diaryl/α,β-unsaturated/α-hetero) is 1. The van der Waals surface area contributed by atoms with Gasteiger partial charge in [0.05, 0.1) is 19.8 Å². The normalized spacial score (nSPS) is 16.6. The predicted octanol–water partition coefficient (Wildman–Crippen LogP) is 1.57. The van der Waals surface area contributed by atoms with Gasteiger partial charge in [-0.1, -0.05) is 6.07 Å². The first-order chi connectivity index (χ1) is 10.0. The van der Waals surface area contributed by atoms with E-state index < -0.39 is 5.54 Å². The molecule has 2 rings (SSSR count). The Labute approximate surface area is 126 Å². The third kappa shape index (κ3) is 3.04. The molecule has 5 heteroatoms. The van der Waals surface area contributed by atoms with Gasteiger partial charge in [0, 0.05) is 26.2 Å². The van der Waals surface area contributed by atoms with E-state index in [-0.39, 0.29) is 5.78 Å². The minimum atomic E-state index is -0.593. The molecule has 0 aromatic heterocycles. The minimum Gasteiger partial charge on any atom is -0.496 e. The summed E-state index contributed by atoms with van der Waals surface area (Å²) >= 11 is 0. The molecule has 1 fully saturated rings. The van der Waals surface area contributed by atoms with Crippen molar-refractivity contribution in [1.82, 2.24) is 10.2 Å². The lowest BCUT2D eigenvalue weighted by Gasteiger charge is -2.40. The Morgan fingerprint density at radius 2 is 1.67 bits per heavy atom. The van der Waals surface area contributed by atoms with E-state index in [2.05, 4.69) is 10.2 Å². The van der Waals surface area contributed by atoms with Crippen LogP contribution in [0.1, 0.15) is 24.2 Å². The summed E-state index contributed by atoms with van der Waals surface area (Å²) in [5.74, 6) is 1.14. The van der Waals surface area contributed by atoms with Gasteiger partial charge >= 0.3 is 0 Å². The van der Waals surface area contributed by atoms with Crippen molar-refractivity contribution < 1.29 is 14.3 Å². The van der Waals surface area contributed by atoms with Crippen molar-refractivity contribution in [3.63, 3.8) is 0 Å². The summed E-state index contributed by atoms with van der Waals surface area (Å²) in [4.78, 5) is 15.3. The van der Waals surface area contributed by atoms with Gasteiger partial charge in [-0.3, -0.25) is 9.69 Å². The van der Waals surface area contributed by atoms with Crippen LogP contribution in [0.15, 0.2) is 18.2 Å². The fourth-order valence-corrected chi connectivity index (χ4v) is 2.75. The summed E-state index contributed by atoms with van der Waals surface area (Å²) in [6, 6.07) is 5.42. The molecule has 0 saturated carbocycles. The largest absolute Gasteiger partial charge is 0.496 e. The van der Waals surface area contributed by atoms with Gasteiger partial charge in [-0.2, -0.15) is 0 Å². The summed E-state index contributed by atoms with van der Waals surface area (Å²) in [6.07, 6.45) is 0. The molecule has 1 aromatic rings. The van der Waals surface area contributed by atoms with E-state index in [1.54, 1.807) is 26.4 Å². The first-order valence-electron chi connectivity index (χ1n) is 7.24. The number of carbonyl (C=O) groups excluding carboxylic acids is 1. The zero-order valence-electron chi connectivity index (χ0n) is 13.2. The highest BCUT2D eigenvalue weighted by Gasteiger charge is 2.38. The van der Waals surface area contributed by atoms with E-state index >= 15 is 0 Å². The highest BCUT2D eigenvalue weighted by Crippen LogP contribution is 2.33. The van der Waals surface area contributed by atoms with Crippen molar-refractivity contribution in [3.8, 4) is 11.5 Å². The molecule has 116 valence electrons. The Kier molecular flexibility index (Phi) is 4.85. The van der Waals surface area contributed by atoms with E-state index in [1.807, 2.05) is 19.9 Å². The van der Waals surface area contributed by atoms with Crippen LogP contribution in [0, 0.1) is 0 Å². The van der Waals surface area contributed by atoms with Crippen LogP contribution in [0.4, 0.5) is 0 Å². The van der Waals surface area contributed by atoms with Crippen LogP contribution in [0.3, 0.4) is 0 Å². The average Bonchev–Trinajstić information content (AvgIpc) is 2.54. The zero-order valence-corrected chi connectivity index (χ0v) is 13.2. The number of nitrogens with zero attached hydrogens (tertiary/aromatic N) is 1. The summed E-state index contributed by atoms with van der Waals surface area (Å²) < 4.78 is 10.7. The first kappa shape index (κ1) is 15.8. The quantitative estimate of drug-likeness (QED) is 0.835. The topological polar surface area (TPSA) is 50.8 Å². The fraction of sp³-hybridized carbons (Fsp3) is 0.562. The molecule has 1 aliphatic heterocycles. The monoisotopic (exact) mass is 292 g/mol. The number of piperazine rings is 1. The van der Waals surface area contributed by atoms with Gasteiger partial charge in [-0.15, -0.1) is 0 Å². The van der Waals surface area contributed by atoms with Gasteiger partial charge in [0.15, 0.2) is 5.78 Å². The van der Waals surface area contributed by atoms with Gasteiger partial charge in [-0.25, -0.2) is 0 Å². The average molecular weight is 292 g/mol. The number of rotatable bonds is 5. The van der Waals surface area contributed by atoms with Crippen LogP contribution >= 0.6 is 0 Å². The van der Waals surface area contributed by atoms with E-state index in [1.165, 1.54) is 0 Å². The van der Waals surface area contributed by atoms with Crippen LogP contribution in [-0.2, 0) is 0 Å². The van der Waals surface area contributed by atoms with Gasteiger partial charge in [0.1, 0.15) is 17.1 Å². The predicted molar refractivity (Wildman–Crippen MR) is 82.4 cm³/mol. The third-order valence-electron chi connectivity index (χ3n) is 4.12. The van der Waals surface area contributed by atoms with Crippen molar-refractivity contribution in [2.45, 2.75) is 19.4 Å². The minimum absolute atomic E-state index is 0.0266. The second kappa shape index (κ2) is 6.45. The Hall–Kier alpha value is -1.59. The van der Waals surface area contributed by atoms with Crippen LogP contribution in [0.5, 0.6) is 11.5 Å². The molecule has 0 bridgehead atoms. The highest BCUT2D eigenvalue weighted by atomic mass is 16.5. The van der Waals surface area contributed by atoms with Crippen LogP contribution < -0.4 is 14.8 Å². The van der Waals surface area contributed by atoms with Gasteiger partial charge in [-0.05, 0) is 26.0 Å². The highest BCUT2D eigenvalue weighted by molar-refractivity contribution is 6.07. The lowest BCUT2D eigenvalue weighted by Crippen LogP contribution is -2.57. The summed E-state index contributed by atoms with van der Waals surface area (Å²) in [5, 5.41) is 3.31. The standard InChI is InChI=1S/C16H24N2O3/c1-16(2,18-10-8-17-9-11-18)15(19)14-12(20-3)6-5-7-13(14)21-4/h5-7,17H,8-11H2,1-4H3. The maximum atomic E-state index is 13.1. The van der Waals surface area contributed by atoms with Crippen molar-refractivity contribution >= 4 is 5.78 Å². The number of methoxy groups -OCH3 is 2. The molecule has 1 N–H and O–H groups in total. The van der Waals surface area contributed by atoms with E-state index in [4.69, 9.17) is 9.47 Å². The molecule has 0 radical (unpaired) electrons. The zero-order chi connectivity index (χ0) is 15.5. The maximum absolute atomic E-state index is 13.1. The second-order valence-electron chi connectivity index (χ2n) is 5.66.